The standard InChI is InChI=1S/C21H17ClN2O3S/c1-12-18(10-13-6-8-15(22)9-7-13)28-21(23-12)24-19(25)17-11-14-4-2-3-5-16(14)20(26)27-17/h2-9,17H,10-11H2,1H3,(H,23,24,25). The first-order chi connectivity index (χ1) is 13.5. The number of carbonyl (C=O) groups excluding carboxylic acids is 2. The van der Waals surface area contributed by atoms with Crippen molar-refractivity contribution >= 4 is 39.9 Å². The van der Waals surface area contributed by atoms with Crippen molar-refractivity contribution in [1.82, 2.24) is 4.98 Å². The number of hydrogen-bond donors (Lipinski definition) is 1. The third-order valence-corrected chi connectivity index (χ3v) is 5.91. The van der Waals surface area contributed by atoms with Crippen LogP contribution in [0.25, 0.3) is 0 Å². The molecule has 1 aliphatic rings. The molecule has 1 aliphatic heterocycles. The molecule has 0 saturated heterocycles. The van der Waals surface area contributed by atoms with Crippen LogP contribution in [-0.4, -0.2) is 23.0 Å². The number of aryl methyl sites for hydroxylation is 1. The Morgan fingerprint density at radius 2 is 2.00 bits per heavy atom. The summed E-state index contributed by atoms with van der Waals surface area (Å²) in [6, 6.07) is 14.8. The number of cyclic esters (lactones) is 1. The van der Waals surface area contributed by atoms with E-state index in [2.05, 4.69) is 10.3 Å². The second-order valence-corrected chi connectivity index (χ2v) is 8.10. The van der Waals surface area contributed by atoms with Crippen LogP contribution in [0.1, 0.15) is 32.1 Å². The van der Waals surface area contributed by atoms with E-state index in [0.717, 1.165) is 21.7 Å². The van der Waals surface area contributed by atoms with Crippen molar-refractivity contribution in [1.29, 1.82) is 0 Å². The van der Waals surface area contributed by atoms with Crippen LogP contribution in [0.2, 0.25) is 5.02 Å². The highest BCUT2D eigenvalue weighted by Crippen LogP contribution is 2.27. The third-order valence-electron chi connectivity index (χ3n) is 4.59. The lowest BCUT2D eigenvalue weighted by Crippen LogP contribution is -2.37. The van der Waals surface area contributed by atoms with Crippen molar-refractivity contribution in [2.45, 2.75) is 25.9 Å². The number of ether oxygens (including phenoxy) is 1. The molecule has 1 amide bonds. The molecule has 3 aromatic rings. The molecule has 0 spiro atoms. The van der Waals surface area contributed by atoms with Gasteiger partial charge in [-0.05, 0) is 36.2 Å². The molecule has 0 radical (unpaired) electrons. The Labute approximate surface area is 171 Å². The molecule has 0 aliphatic carbocycles. The number of hydrogen-bond acceptors (Lipinski definition) is 5. The number of esters is 1. The second kappa shape index (κ2) is 7.73. The predicted octanol–water partition coefficient (Wildman–Crippen LogP) is 4.42. The van der Waals surface area contributed by atoms with Gasteiger partial charge in [0, 0.05) is 22.7 Å². The van der Waals surface area contributed by atoms with Gasteiger partial charge in [0.2, 0.25) is 0 Å². The smallest absolute Gasteiger partial charge is 0.339 e. The highest BCUT2D eigenvalue weighted by molar-refractivity contribution is 7.15. The molecule has 1 unspecified atom stereocenters. The molecule has 0 bridgehead atoms. The summed E-state index contributed by atoms with van der Waals surface area (Å²) < 4.78 is 5.30. The number of nitrogens with zero attached hydrogens (tertiary/aromatic N) is 1. The number of nitrogens with one attached hydrogen (secondary N) is 1. The topological polar surface area (TPSA) is 68.3 Å². The summed E-state index contributed by atoms with van der Waals surface area (Å²) >= 11 is 7.35. The molecule has 1 aromatic heterocycles. The number of fused-ring (bicyclic) bond motifs is 1. The van der Waals surface area contributed by atoms with Crippen molar-refractivity contribution in [2.24, 2.45) is 0 Å². The molecule has 2 heterocycles. The first-order valence-corrected chi connectivity index (χ1v) is 9.99. The van der Waals surface area contributed by atoms with Crippen LogP contribution in [0.4, 0.5) is 5.13 Å². The normalized spacial score (nSPS) is 15.6. The van der Waals surface area contributed by atoms with Gasteiger partial charge in [-0.3, -0.25) is 10.1 Å². The maximum atomic E-state index is 12.6. The van der Waals surface area contributed by atoms with Gasteiger partial charge in [0.15, 0.2) is 11.2 Å². The summed E-state index contributed by atoms with van der Waals surface area (Å²) in [6.45, 7) is 1.91. The number of anilines is 1. The van der Waals surface area contributed by atoms with Crippen molar-refractivity contribution in [3.8, 4) is 0 Å². The average Bonchev–Trinajstić information content (AvgIpc) is 3.02. The molecular weight excluding hydrogens is 396 g/mol. The van der Waals surface area contributed by atoms with E-state index in [1.54, 1.807) is 12.1 Å². The van der Waals surface area contributed by atoms with Gasteiger partial charge in [-0.25, -0.2) is 9.78 Å². The summed E-state index contributed by atoms with van der Waals surface area (Å²) in [5.74, 6) is -0.838. The molecule has 1 atom stereocenters. The Bertz CT molecular complexity index is 1050. The number of amides is 1. The SMILES string of the molecule is Cc1nc(NC(=O)C2Cc3ccccc3C(=O)O2)sc1Cc1ccc(Cl)cc1. The predicted molar refractivity (Wildman–Crippen MR) is 109 cm³/mol. The molecule has 2 aromatic carbocycles. The lowest BCUT2D eigenvalue weighted by atomic mass is 9.98. The lowest BCUT2D eigenvalue weighted by Gasteiger charge is -2.23. The van der Waals surface area contributed by atoms with E-state index in [0.29, 0.717) is 28.6 Å². The molecular formula is C21H17ClN2O3S. The second-order valence-electron chi connectivity index (χ2n) is 6.58. The zero-order valence-electron chi connectivity index (χ0n) is 15.1. The summed E-state index contributed by atoms with van der Waals surface area (Å²) in [4.78, 5) is 30.2. The summed E-state index contributed by atoms with van der Waals surface area (Å²) in [7, 11) is 0. The van der Waals surface area contributed by atoms with E-state index in [1.807, 2.05) is 43.3 Å². The van der Waals surface area contributed by atoms with Crippen molar-refractivity contribution < 1.29 is 14.3 Å². The number of carbonyl (C=O) groups is 2. The number of thiazole rings is 1. The minimum atomic E-state index is -0.855. The van der Waals surface area contributed by atoms with Crippen LogP contribution in [0.15, 0.2) is 48.5 Å². The van der Waals surface area contributed by atoms with Crippen molar-refractivity contribution in [2.75, 3.05) is 5.32 Å². The summed E-state index contributed by atoms with van der Waals surface area (Å²) in [5, 5.41) is 3.99. The fourth-order valence-corrected chi connectivity index (χ4v) is 4.22. The quantitative estimate of drug-likeness (QED) is 0.644. The molecule has 1 N–H and O–H groups in total. The molecule has 5 nitrogen and oxygen atoms in total. The van der Waals surface area contributed by atoms with Gasteiger partial charge in [-0.1, -0.05) is 41.9 Å². The third kappa shape index (κ3) is 3.93. The van der Waals surface area contributed by atoms with E-state index in [9.17, 15) is 9.59 Å². The molecule has 0 saturated carbocycles. The van der Waals surface area contributed by atoms with Gasteiger partial charge in [0.1, 0.15) is 0 Å². The van der Waals surface area contributed by atoms with Gasteiger partial charge < -0.3 is 4.74 Å². The maximum absolute atomic E-state index is 12.6. The first-order valence-electron chi connectivity index (χ1n) is 8.80. The van der Waals surface area contributed by atoms with Crippen molar-refractivity contribution in [3.63, 3.8) is 0 Å². The Morgan fingerprint density at radius 1 is 1.25 bits per heavy atom. The molecule has 0 fully saturated rings. The zero-order chi connectivity index (χ0) is 19.7. The Morgan fingerprint density at radius 3 is 2.79 bits per heavy atom. The van der Waals surface area contributed by atoms with Gasteiger partial charge in [0.05, 0.1) is 11.3 Å². The monoisotopic (exact) mass is 412 g/mol. The molecule has 7 heteroatoms. The minimum absolute atomic E-state index is 0.357. The maximum Gasteiger partial charge on any atom is 0.339 e. The Hall–Kier alpha value is -2.70. The summed E-state index contributed by atoms with van der Waals surface area (Å²) in [5.41, 5.74) is 3.31. The number of halogens is 1. The van der Waals surface area contributed by atoms with Crippen LogP contribution in [0, 0.1) is 6.92 Å². The Kier molecular flexibility index (Phi) is 5.15. The van der Waals surface area contributed by atoms with Crippen LogP contribution >= 0.6 is 22.9 Å². The number of benzene rings is 2. The highest BCUT2D eigenvalue weighted by Gasteiger charge is 2.31. The first kappa shape index (κ1) is 18.7. The molecule has 142 valence electrons. The number of aromatic nitrogens is 1. The van der Waals surface area contributed by atoms with Crippen LogP contribution in [0.3, 0.4) is 0 Å². The van der Waals surface area contributed by atoms with Gasteiger partial charge >= 0.3 is 5.97 Å². The molecule has 28 heavy (non-hydrogen) atoms. The highest BCUT2D eigenvalue weighted by atomic mass is 35.5. The van der Waals surface area contributed by atoms with E-state index < -0.39 is 12.1 Å². The largest absolute Gasteiger partial charge is 0.448 e. The van der Waals surface area contributed by atoms with Gasteiger partial charge in [-0.2, -0.15) is 0 Å². The Balaban J connectivity index is 1.45. The number of rotatable bonds is 4. The molecule has 4 rings (SSSR count). The van der Waals surface area contributed by atoms with E-state index in [-0.39, 0.29) is 5.91 Å². The van der Waals surface area contributed by atoms with Gasteiger partial charge in [-0.15, -0.1) is 11.3 Å². The van der Waals surface area contributed by atoms with Crippen LogP contribution in [0.5, 0.6) is 0 Å². The van der Waals surface area contributed by atoms with E-state index in [4.69, 9.17) is 16.3 Å². The minimum Gasteiger partial charge on any atom is -0.448 e. The van der Waals surface area contributed by atoms with Gasteiger partial charge in [0.25, 0.3) is 5.91 Å². The zero-order valence-corrected chi connectivity index (χ0v) is 16.6. The van der Waals surface area contributed by atoms with Crippen molar-refractivity contribution in [3.05, 3.63) is 80.8 Å². The van der Waals surface area contributed by atoms with Crippen LogP contribution in [-0.2, 0) is 22.4 Å². The lowest BCUT2D eigenvalue weighted by molar-refractivity contribution is -0.125. The van der Waals surface area contributed by atoms with Crippen LogP contribution < -0.4 is 5.32 Å². The fourth-order valence-electron chi connectivity index (χ4n) is 3.10. The summed E-state index contributed by atoms with van der Waals surface area (Å²) in [6.07, 6.45) is 0.212. The van der Waals surface area contributed by atoms with E-state index in [1.165, 1.54) is 11.3 Å². The fraction of sp³-hybridized carbons (Fsp3) is 0.190. The van der Waals surface area contributed by atoms with E-state index >= 15 is 0 Å². The average molecular weight is 413 g/mol.